The number of rotatable bonds is 2. The number of benzene rings is 1. The molecule has 1 aromatic carbocycles. The number of piperidine rings is 1. The highest BCUT2D eigenvalue weighted by molar-refractivity contribution is 6.33. The smallest absolute Gasteiger partial charge is 0.0957 e. The van der Waals surface area contributed by atoms with Gasteiger partial charge in [-0.1, -0.05) is 29.6 Å². The molecule has 2 rings (SSSR count). The van der Waals surface area contributed by atoms with Crippen LogP contribution in [0.3, 0.4) is 0 Å². The van der Waals surface area contributed by atoms with Gasteiger partial charge in [0.15, 0.2) is 0 Å². The topological polar surface area (TPSA) is 32.3 Å². The molecule has 0 saturated carbocycles. The van der Waals surface area contributed by atoms with E-state index in [4.69, 9.17) is 23.2 Å². The van der Waals surface area contributed by atoms with Crippen molar-refractivity contribution in [2.75, 3.05) is 6.54 Å². The van der Waals surface area contributed by atoms with Gasteiger partial charge in [-0.25, -0.2) is 0 Å². The highest BCUT2D eigenvalue weighted by Gasteiger charge is 2.24. The first-order valence-electron chi connectivity index (χ1n) is 5.55. The third-order valence-corrected chi connectivity index (χ3v) is 3.59. The van der Waals surface area contributed by atoms with Crippen LogP contribution in [0.1, 0.15) is 30.9 Å². The van der Waals surface area contributed by atoms with Gasteiger partial charge in [0.2, 0.25) is 0 Å². The van der Waals surface area contributed by atoms with Crippen molar-refractivity contribution in [1.29, 1.82) is 0 Å². The van der Waals surface area contributed by atoms with Gasteiger partial charge in [0.05, 0.1) is 6.10 Å². The Kier molecular flexibility index (Phi) is 4.09. The molecule has 0 aromatic heterocycles. The fourth-order valence-electron chi connectivity index (χ4n) is 2.11. The van der Waals surface area contributed by atoms with Gasteiger partial charge in [-0.2, -0.15) is 0 Å². The largest absolute Gasteiger partial charge is 0.387 e. The van der Waals surface area contributed by atoms with E-state index >= 15 is 0 Å². The fraction of sp³-hybridized carbons (Fsp3) is 0.500. The van der Waals surface area contributed by atoms with Crippen molar-refractivity contribution < 1.29 is 5.11 Å². The number of halogens is 2. The molecule has 1 fully saturated rings. The second-order valence-corrected chi connectivity index (χ2v) is 5.01. The summed E-state index contributed by atoms with van der Waals surface area (Å²) in [5.74, 6) is 0. The molecule has 1 saturated heterocycles. The maximum Gasteiger partial charge on any atom is 0.0957 e. The molecule has 0 aliphatic carbocycles. The number of hydrogen-bond donors (Lipinski definition) is 2. The Bertz CT molecular complexity index is 364. The predicted molar refractivity (Wildman–Crippen MR) is 67.1 cm³/mol. The van der Waals surface area contributed by atoms with Gasteiger partial charge in [0.25, 0.3) is 0 Å². The van der Waals surface area contributed by atoms with Crippen LogP contribution in [0.15, 0.2) is 18.2 Å². The van der Waals surface area contributed by atoms with Crippen LogP contribution < -0.4 is 5.32 Å². The summed E-state index contributed by atoms with van der Waals surface area (Å²) in [6.07, 6.45) is 2.72. The molecule has 2 N–H and O–H groups in total. The lowest BCUT2D eigenvalue weighted by Gasteiger charge is -2.28. The van der Waals surface area contributed by atoms with E-state index in [1.165, 1.54) is 6.42 Å². The zero-order valence-corrected chi connectivity index (χ0v) is 10.4. The first kappa shape index (κ1) is 12.2. The number of nitrogens with one attached hydrogen (secondary N) is 1. The first-order valence-corrected chi connectivity index (χ1v) is 6.30. The lowest BCUT2D eigenvalue weighted by Crippen LogP contribution is -2.38. The maximum absolute atomic E-state index is 10.2. The summed E-state index contributed by atoms with van der Waals surface area (Å²) in [7, 11) is 0. The Morgan fingerprint density at radius 3 is 2.81 bits per heavy atom. The van der Waals surface area contributed by atoms with Crippen LogP contribution in [0.4, 0.5) is 0 Å². The minimum Gasteiger partial charge on any atom is -0.387 e. The maximum atomic E-state index is 10.2. The monoisotopic (exact) mass is 259 g/mol. The summed E-state index contributed by atoms with van der Waals surface area (Å²) in [4.78, 5) is 0. The average Bonchev–Trinajstić information content (AvgIpc) is 2.32. The van der Waals surface area contributed by atoms with Crippen molar-refractivity contribution in [2.24, 2.45) is 0 Å². The van der Waals surface area contributed by atoms with Gasteiger partial charge in [0.1, 0.15) is 0 Å². The van der Waals surface area contributed by atoms with Gasteiger partial charge in [-0.15, -0.1) is 0 Å². The molecule has 0 bridgehead atoms. The Morgan fingerprint density at radius 1 is 1.31 bits per heavy atom. The first-order chi connectivity index (χ1) is 7.68. The van der Waals surface area contributed by atoms with E-state index in [2.05, 4.69) is 5.32 Å². The molecule has 1 heterocycles. The lowest BCUT2D eigenvalue weighted by atomic mass is 9.95. The van der Waals surface area contributed by atoms with Crippen LogP contribution >= 0.6 is 23.2 Å². The normalized spacial score (nSPS) is 23.1. The summed E-state index contributed by atoms with van der Waals surface area (Å²) in [6.45, 7) is 0.958. The van der Waals surface area contributed by atoms with Crippen LogP contribution in [0.5, 0.6) is 0 Å². The van der Waals surface area contributed by atoms with Crippen molar-refractivity contribution >= 4 is 23.2 Å². The summed E-state index contributed by atoms with van der Waals surface area (Å²) >= 11 is 12.0. The fourth-order valence-corrected chi connectivity index (χ4v) is 2.52. The second kappa shape index (κ2) is 5.37. The van der Waals surface area contributed by atoms with E-state index in [-0.39, 0.29) is 6.04 Å². The molecule has 1 aliphatic heterocycles. The zero-order valence-electron chi connectivity index (χ0n) is 8.92. The molecule has 1 aromatic rings. The van der Waals surface area contributed by atoms with Crippen LogP contribution in [-0.2, 0) is 0 Å². The summed E-state index contributed by atoms with van der Waals surface area (Å²) in [5, 5.41) is 14.7. The summed E-state index contributed by atoms with van der Waals surface area (Å²) in [6, 6.07) is 5.29. The van der Waals surface area contributed by atoms with E-state index in [0.717, 1.165) is 19.4 Å². The van der Waals surface area contributed by atoms with Gasteiger partial charge >= 0.3 is 0 Å². The average molecular weight is 260 g/mol. The highest BCUT2D eigenvalue weighted by Crippen LogP contribution is 2.30. The van der Waals surface area contributed by atoms with Crippen molar-refractivity contribution in [3.8, 4) is 0 Å². The number of aliphatic hydroxyl groups excluding tert-OH is 1. The molecule has 1 aliphatic rings. The van der Waals surface area contributed by atoms with E-state index in [1.54, 1.807) is 18.2 Å². The van der Waals surface area contributed by atoms with E-state index < -0.39 is 6.10 Å². The molecular formula is C12H15Cl2NO. The van der Waals surface area contributed by atoms with Crippen LogP contribution in [0.25, 0.3) is 0 Å². The molecule has 4 heteroatoms. The molecule has 88 valence electrons. The standard InChI is InChI=1S/C12H15Cl2NO/c13-8-4-5-10(14)9(7-8)12(16)11-3-1-2-6-15-11/h4-5,7,11-12,15-16H,1-3,6H2. The molecular weight excluding hydrogens is 245 g/mol. The zero-order chi connectivity index (χ0) is 11.5. The second-order valence-electron chi connectivity index (χ2n) is 4.17. The Balaban J connectivity index is 2.18. The lowest BCUT2D eigenvalue weighted by molar-refractivity contribution is 0.114. The Labute approximate surface area is 106 Å². The van der Waals surface area contributed by atoms with Gasteiger partial charge in [-0.3, -0.25) is 0 Å². The van der Waals surface area contributed by atoms with Crippen LogP contribution in [0, 0.1) is 0 Å². The van der Waals surface area contributed by atoms with Gasteiger partial charge in [-0.05, 0) is 37.6 Å². The number of aliphatic hydroxyl groups is 1. The molecule has 2 atom stereocenters. The number of hydrogen-bond acceptors (Lipinski definition) is 2. The SMILES string of the molecule is OC(c1cc(Cl)ccc1Cl)C1CCCCN1. The van der Waals surface area contributed by atoms with E-state index in [9.17, 15) is 5.11 Å². The third kappa shape index (κ3) is 2.69. The highest BCUT2D eigenvalue weighted by atomic mass is 35.5. The van der Waals surface area contributed by atoms with E-state index in [0.29, 0.717) is 15.6 Å². The molecule has 2 unspecified atom stereocenters. The third-order valence-electron chi connectivity index (χ3n) is 3.01. The van der Waals surface area contributed by atoms with Gasteiger partial charge in [0, 0.05) is 21.7 Å². The Hall–Kier alpha value is -0.280. The van der Waals surface area contributed by atoms with E-state index in [1.807, 2.05) is 0 Å². The predicted octanol–water partition coefficient (Wildman–Crippen LogP) is 3.17. The minimum atomic E-state index is -0.577. The van der Waals surface area contributed by atoms with Crippen molar-refractivity contribution in [1.82, 2.24) is 5.32 Å². The van der Waals surface area contributed by atoms with Gasteiger partial charge < -0.3 is 10.4 Å². The molecule has 2 nitrogen and oxygen atoms in total. The van der Waals surface area contributed by atoms with Crippen molar-refractivity contribution in [2.45, 2.75) is 31.4 Å². The molecule has 0 radical (unpaired) electrons. The van der Waals surface area contributed by atoms with Crippen LogP contribution in [0.2, 0.25) is 10.0 Å². The van der Waals surface area contributed by atoms with Crippen molar-refractivity contribution in [3.63, 3.8) is 0 Å². The summed E-state index contributed by atoms with van der Waals surface area (Å²) in [5.41, 5.74) is 0.716. The molecule has 0 amide bonds. The quantitative estimate of drug-likeness (QED) is 0.856. The molecule has 16 heavy (non-hydrogen) atoms. The van der Waals surface area contributed by atoms with Crippen LogP contribution in [-0.4, -0.2) is 17.7 Å². The minimum absolute atomic E-state index is 0.0877. The molecule has 0 spiro atoms. The summed E-state index contributed by atoms with van der Waals surface area (Å²) < 4.78 is 0. The van der Waals surface area contributed by atoms with Crippen molar-refractivity contribution in [3.05, 3.63) is 33.8 Å². The Morgan fingerprint density at radius 2 is 2.12 bits per heavy atom.